The second kappa shape index (κ2) is 5.60. The molecule has 0 aromatic carbocycles. The molecule has 0 bridgehead atoms. The van der Waals surface area contributed by atoms with E-state index in [1.165, 1.54) is 0 Å². The van der Waals surface area contributed by atoms with E-state index in [0.29, 0.717) is 11.4 Å². The number of thiocarbonyl (C=S) groups is 1. The van der Waals surface area contributed by atoms with Crippen molar-refractivity contribution in [3.8, 4) is 0 Å². The molecule has 1 aromatic heterocycles. The topological polar surface area (TPSA) is 46.3 Å². The van der Waals surface area contributed by atoms with Crippen LogP contribution < -0.4 is 5.73 Å². The summed E-state index contributed by atoms with van der Waals surface area (Å²) >= 11 is 6.66. The van der Waals surface area contributed by atoms with Crippen molar-refractivity contribution in [2.45, 2.75) is 31.7 Å². The molecule has 1 saturated heterocycles. The smallest absolute Gasteiger partial charge is 0.228 e. The van der Waals surface area contributed by atoms with E-state index >= 15 is 0 Å². The molecular formula is C12H16N2OS2. The maximum Gasteiger partial charge on any atom is 0.228 e. The molecule has 1 fully saturated rings. The summed E-state index contributed by atoms with van der Waals surface area (Å²) in [7, 11) is 0. The zero-order chi connectivity index (χ0) is 12.3. The SMILES string of the molecule is NC(=S)C1CCCCN1C(=O)Cc1cccs1. The molecule has 0 saturated carbocycles. The summed E-state index contributed by atoms with van der Waals surface area (Å²) in [6.45, 7) is 0.784. The molecule has 1 atom stereocenters. The number of nitrogens with two attached hydrogens (primary N) is 1. The molecule has 1 aliphatic rings. The maximum atomic E-state index is 12.2. The van der Waals surface area contributed by atoms with E-state index in [2.05, 4.69) is 0 Å². The van der Waals surface area contributed by atoms with Crippen LogP contribution in [-0.2, 0) is 11.2 Å². The van der Waals surface area contributed by atoms with Crippen molar-refractivity contribution >= 4 is 34.5 Å². The number of hydrogen-bond acceptors (Lipinski definition) is 3. The average Bonchev–Trinajstić information content (AvgIpc) is 2.81. The minimum atomic E-state index is -0.0359. The van der Waals surface area contributed by atoms with Gasteiger partial charge in [0.05, 0.1) is 17.5 Å². The number of carbonyl (C=O) groups excluding carboxylic acids is 1. The first kappa shape index (κ1) is 12.5. The van der Waals surface area contributed by atoms with Crippen LogP contribution in [0.1, 0.15) is 24.1 Å². The Labute approximate surface area is 111 Å². The molecule has 1 aromatic rings. The second-order valence-electron chi connectivity index (χ2n) is 4.26. The van der Waals surface area contributed by atoms with Crippen LogP contribution >= 0.6 is 23.6 Å². The van der Waals surface area contributed by atoms with Crippen LogP contribution in [0.15, 0.2) is 17.5 Å². The Kier molecular flexibility index (Phi) is 4.12. The Morgan fingerprint density at radius 3 is 3.06 bits per heavy atom. The molecular weight excluding hydrogens is 252 g/mol. The van der Waals surface area contributed by atoms with E-state index in [1.54, 1.807) is 11.3 Å². The molecule has 92 valence electrons. The highest BCUT2D eigenvalue weighted by Crippen LogP contribution is 2.19. The van der Waals surface area contributed by atoms with Crippen LogP contribution in [0.5, 0.6) is 0 Å². The van der Waals surface area contributed by atoms with Gasteiger partial charge in [-0.3, -0.25) is 4.79 Å². The van der Waals surface area contributed by atoms with Crippen molar-refractivity contribution in [1.82, 2.24) is 4.90 Å². The van der Waals surface area contributed by atoms with Gasteiger partial charge in [-0.1, -0.05) is 18.3 Å². The Hall–Kier alpha value is -0.940. The van der Waals surface area contributed by atoms with Crippen LogP contribution in [0.2, 0.25) is 0 Å². The highest BCUT2D eigenvalue weighted by molar-refractivity contribution is 7.80. The van der Waals surface area contributed by atoms with Crippen molar-refractivity contribution in [1.29, 1.82) is 0 Å². The lowest BCUT2D eigenvalue weighted by atomic mass is 10.0. The molecule has 0 spiro atoms. The van der Waals surface area contributed by atoms with Crippen molar-refractivity contribution in [3.05, 3.63) is 22.4 Å². The Morgan fingerprint density at radius 2 is 2.41 bits per heavy atom. The second-order valence-corrected chi connectivity index (χ2v) is 5.76. The summed E-state index contributed by atoms with van der Waals surface area (Å²) in [6, 6.07) is 3.92. The average molecular weight is 268 g/mol. The van der Waals surface area contributed by atoms with Gasteiger partial charge >= 0.3 is 0 Å². The quantitative estimate of drug-likeness (QED) is 0.852. The molecule has 0 radical (unpaired) electrons. The van der Waals surface area contributed by atoms with Gasteiger partial charge < -0.3 is 10.6 Å². The Morgan fingerprint density at radius 1 is 1.59 bits per heavy atom. The highest BCUT2D eigenvalue weighted by Gasteiger charge is 2.28. The normalized spacial score (nSPS) is 20.2. The number of likely N-dealkylation sites (tertiary alicyclic amines) is 1. The van der Waals surface area contributed by atoms with Gasteiger partial charge in [0.25, 0.3) is 0 Å². The van der Waals surface area contributed by atoms with Crippen LogP contribution in [0.4, 0.5) is 0 Å². The van der Waals surface area contributed by atoms with Gasteiger partial charge in [0.1, 0.15) is 0 Å². The molecule has 2 heterocycles. The lowest BCUT2D eigenvalue weighted by Gasteiger charge is -2.35. The predicted octanol–water partition coefficient (Wildman–Crippen LogP) is 1.96. The first-order valence-corrected chi connectivity index (χ1v) is 7.08. The number of piperidine rings is 1. The van der Waals surface area contributed by atoms with Gasteiger partial charge in [0, 0.05) is 11.4 Å². The zero-order valence-electron chi connectivity index (χ0n) is 9.59. The number of rotatable bonds is 3. The van der Waals surface area contributed by atoms with Crippen molar-refractivity contribution < 1.29 is 4.79 Å². The van der Waals surface area contributed by atoms with Gasteiger partial charge in [-0.25, -0.2) is 0 Å². The summed E-state index contributed by atoms with van der Waals surface area (Å²) < 4.78 is 0. The van der Waals surface area contributed by atoms with E-state index in [1.807, 2.05) is 22.4 Å². The lowest BCUT2D eigenvalue weighted by molar-refractivity contribution is -0.132. The third-order valence-electron chi connectivity index (χ3n) is 3.06. The summed E-state index contributed by atoms with van der Waals surface area (Å²) in [5, 5.41) is 1.99. The van der Waals surface area contributed by atoms with Gasteiger partial charge in [-0.15, -0.1) is 11.3 Å². The molecule has 2 N–H and O–H groups in total. The van der Waals surface area contributed by atoms with Crippen LogP contribution in [0.3, 0.4) is 0 Å². The fourth-order valence-corrected chi connectivity index (χ4v) is 3.13. The first-order valence-electron chi connectivity index (χ1n) is 5.79. The van der Waals surface area contributed by atoms with E-state index in [4.69, 9.17) is 18.0 Å². The third-order valence-corrected chi connectivity index (χ3v) is 4.21. The van der Waals surface area contributed by atoms with E-state index in [-0.39, 0.29) is 11.9 Å². The van der Waals surface area contributed by atoms with E-state index in [0.717, 1.165) is 30.7 Å². The molecule has 1 aliphatic heterocycles. The van der Waals surface area contributed by atoms with Gasteiger partial charge in [0.2, 0.25) is 5.91 Å². The van der Waals surface area contributed by atoms with Crippen molar-refractivity contribution in [2.75, 3.05) is 6.54 Å². The summed E-state index contributed by atoms with van der Waals surface area (Å²) in [5.74, 6) is 0.143. The molecule has 5 heteroatoms. The molecule has 17 heavy (non-hydrogen) atoms. The first-order chi connectivity index (χ1) is 8.18. The number of amides is 1. The van der Waals surface area contributed by atoms with Crippen LogP contribution in [0, 0.1) is 0 Å². The summed E-state index contributed by atoms with van der Waals surface area (Å²) in [4.78, 5) is 15.6. The number of nitrogens with zero attached hydrogens (tertiary/aromatic N) is 1. The fourth-order valence-electron chi connectivity index (χ4n) is 2.19. The number of hydrogen-bond donors (Lipinski definition) is 1. The van der Waals surface area contributed by atoms with Crippen LogP contribution in [0.25, 0.3) is 0 Å². The minimum absolute atomic E-state index is 0.0359. The van der Waals surface area contributed by atoms with Gasteiger partial charge in [0.15, 0.2) is 0 Å². The van der Waals surface area contributed by atoms with Gasteiger partial charge in [-0.2, -0.15) is 0 Å². The standard InChI is InChI=1S/C12H16N2OS2/c13-12(16)10-5-1-2-6-14(10)11(15)8-9-4-3-7-17-9/h3-4,7,10H,1-2,5-6,8H2,(H2,13,16). The predicted molar refractivity (Wildman–Crippen MR) is 74.2 cm³/mol. The van der Waals surface area contributed by atoms with Crippen LogP contribution in [-0.4, -0.2) is 28.4 Å². The summed E-state index contributed by atoms with van der Waals surface area (Å²) in [6.07, 6.45) is 3.53. The number of carbonyl (C=O) groups is 1. The molecule has 1 amide bonds. The van der Waals surface area contributed by atoms with E-state index < -0.39 is 0 Å². The van der Waals surface area contributed by atoms with Gasteiger partial charge in [-0.05, 0) is 30.7 Å². The Balaban J connectivity index is 2.03. The maximum absolute atomic E-state index is 12.2. The Bertz CT molecular complexity index is 403. The third kappa shape index (κ3) is 3.04. The highest BCUT2D eigenvalue weighted by atomic mass is 32.1. The number of thiophene rings is 1. The van der Waals surface area contributed by atoms with Crippen molar-refractivity contribution in [3.63, 3.8) is 0 Å². The molecule has 2 rings (SSSR count). The lowest BCUT2D eigenvalue weighted by Crippen LogP contribution is -2.50. The zero-order valence-corrected chi connectivity index (χ0v) is 11.2. The summed E-state index contributed by atoms with van der Waals surface area (Å²) in [5.41, 5.74) is 5.71. The molecule has 0 aliphatic carbocycles. The van der Waals surface area contributed by atoms with Crippen molar-refractivity contribution in [2.24, 2.45) is 5.73 Å². The van der Waals surface area contributed by atoms with E-state index in [9.17, 15) is 4.79 Å². The minimum Gasteiger partial charge on any atom is -0.392 e. The fraction of sp³-hybridized carbons (Fsp3) is 0.500. The monoisotopic (exact) mass is 268 g/mol. The molecule has 1 unspecified atom stereocenters. The molecule has 3 nitrogen and oxygen atoms in total. The largest absolute Gasteiger partial charge is 0.392 e.